The Morgan fingerprint density at radius 1 is 1.33 bits per heavy atom. The first-order valence-corrected chi connectivity index (χ1v) is 7.51. The van der Waals surface area contributed by atoms with Gasteiger partial charge in [-0.25, -0.2) is 0 Å². The van der Waals surface area contributed by atoms with E-state index in [1.165, 1.54) is 0 Å². The monoisotopic (exact) mass is 271 g/mol. The van der Waals surface area contributed by atoms with Crippen LogP contribution < -0.4 is 5.73 Å². The number of nitrogens with two attached hydrogens (primary N) is 1. The van der Waals surface area contributed by atoms with Gasteiger partial charge >= 0.3 is 0 Å². The van der Waals surface area contributed by atoms with Crippen LogP contribution in [0.15, 0.2) is 4.52 Å². The third kappa shape index (κ3) is 5.40. The maximum atomic E-state index is 5.81. The number of thioether (sulfide) groups is 1. The highest BCUT2D eigenvalue weighted by Gasteiger charge is 2.24. The Balaban J connectivity index is 2.64. The molecule has 0 bridgehead atoms. The number of nitrogens with zero attached hydrogens (tertiary/aromatic N) is 2. The van der Waals surface area contributed by atoms with Crippen LogP contribution in [0.4, 0.5) is 0 Å². The van der Waals surface area contributed by atoms with Gasteiger partial charge in [0.25, 0.3) is 0 Å². The lowest BCUT2D eigenvalue weighted by Gasteiger charge is -2.22. The van der Waals surface area contributed by atoms with Crippen LogP contribution >= 0.6 is 11.8 Å². The zero-order valence-corrected chi connectivity index (χ0v) is 12.9. The minimum Gasteiger partial charge on any atom is -0.339 e. The van der Waals surface area contributed by atoms with E-state index in [0.717, 1.165) is 18.0 Å². The number of hydrogen-bond acceptors (Lipinski definition) is 5. The van der Waals surface area contributed by atoms with Gasteiger partial charge in [0.15, 0.2) is 5.82 Å². The summed E-state index contributed by atoms with van der Waals surface area (Å²) in [5.74, 6) is 2.42. The van der Waals surface area contributed by atoms with E-state index in [9.17, 15) is 0 Å². The molecule has 0 spiro atoms. The SMILES string of the molecule is CC(C)SCc1noc(C(CN)CC(C)(C)C)n1. The van der Waals surface area contributed by atoms with Gasteiger partial charge in [0, 0.05) is 6.54 Å². The molecule has 1 unspecified atom stereocenters. The van der Waals surface area contributed by atoms with Crippen molar-refractivity contribution in [2.24, 2.45) is 11.1 Å². The van der Waals surface area contributed by atoms with Crippen molar-refractivity contribution < 1.29 is 4.52 Å². The van der Waals surface area contributed by atoms with Crippen molar-refractivity contribution in [1.82, 2.24) is 10.1 Å². The van der Waals surface area contributed by atoms with E-state index < -0.39 is 0 Å². The van der Waals surface area contributed by atoms with Crippen molar-refractivity contribution in [2.45, 2.75) is 58.0 Å². The van der Waals surface area contributed by atoms with Crippen LogP contribution in [-0.4, -0.2) is 21.9 Å². The lowest BCUT2D eigenvalue weighted by molar-refractivity contribution is 0.286. The van der Waals surface area contributed by atoms with Crippen molar-refractivity contribution in [2.75, 3.05) is 6.54 Å². The molecule has 0 amide bonds. The van der Waals surface area contributed by atoms with Crippen LogP contribution in [-0.2, 0) is 5.75 Å². The van der Waals surface area contributed by atoms with Gasteiger partial charge in [0.1, 0.15) is 0 Å². The Bertz CT molecular complexity index is 357. The van der Waals surface area contributed by atoms with Crippen molar-refractivity contribution in [3.63, 3.8) is 0 Å². The smallest absolute Gasteiger partial charge is 0.231 e. The number of aromatic nitrogens is 2. The molecule has 0 aromatic carbocycles. The number of rotatable bonds is 6. The first-order valence-electron chi connectivity index (χ1n) is 6.46. The summed E-state index contributed by atoms with van der Waals surface area (Å²) < 4.78 is 5.34. The lowest BCUT2D eigenvalue weighted by atomic mass is 9.84. The summed E-state index contributed by atoms with van der Waals surface area (Å²) in [4.78, 5) is 4.46. The molecular formula is C13H25N3OS. The molecular weight excluding hydrogens is 246 g/mol. The molecule has 4 nitrogen and oxygen atoms in total. The standard InChI is InChI=1S/C13H25N3OS/c1-9(2)18-8-11-15-12(17-16-11)10(7-14)6-13(3,4)5/h9-10H,6-8,14H2,1-5H3. The highest BCUT2D eigenvalue weighted by atomic mass is 32.2. The third-order valence-corrected chi connectivity index (χ3v) is 3.61. The summed E-state index contributed by atoms with van der Waals surface area (Å²) in [5, 5.41) is 4.60. The molecule has 0 aliphatic rings. The fourth-order valence-corrected chi connectivity index (χ4v) is 2.34. The molecule has 1 aromatic rings. The minimum absolute atomic E-state index is 0.162. The Labute approximate surface area is 114 Å². The maximum Gasteiger partial charge on any atom is 0.231 e. The van der Waals surface area contributed by atoms with Gasteiger partial charge in [-0.05, 0) is 17.1 Å². The highest BCUT2D eigenvalue weighted by molar-refractivity contribution is 7.99. The molecule has 0 fully saturated rings. The van der Waals surface area contributed by atoms with E-state index in [0.29, 0.717) is 17.7 Å². The summed E-state index contributed by atoms with van der Waals surface area (Å²) in [6, 6.07) is 0. The van der Waals surface area contributed by atoms with Crippen LogP contribution in [0.5, 0.6) is 0 Å². The molecule has 0 saturated carbocycles. The molecule has 1 rings (SSSR count). The summed E-state index contributed by atoms with van der Waals surface area (Å²) in [5.41, 5.74) is 6.02. The lowest BCUT2D eigenvalue weighted by Crippen LogP contribution is -2.19. The van der Waals surface area contributed by atoms with Crippen LogP contribution in [0, 0.1) is 5.41 Å². The second-order valence-corrected chi connectivity index (χ2v) is 7.67. The highest BCUT2D eigenvalue weighted by Crippen LogP contribution is 2.30. The van der Waals surface area contributed by atoms with Gasteiger partial charge in [0.05, 0.1) is 11.7 Å². The van der Waals surface area contributed by atoms with Crippen molar-refractivity contribution in [3.8, 4) is 0 Å². The zero-order valence-electron chi connectivity index (χ0n) is 12.1. The second-order valence-electron chi connectivity index (χ2n) is 6.11. The van der Waals surface area contributed by atoms with E-state index in [4.69, 9.17) is 10.3 Å². The van der Waals surface area contributed by atoms with Crippen LogP contribution in [0.1, 0.15) is 58.7 Å². The predicted octanol–water partition coefficient (Wildman–Crippen LogP) is 3.19. The first kappa shape index (κ1) is 15.5. The molecule has 0 saturated heterocycles. The Morgan fingerprint density at radius 2 is 2.00 bits per heavy atom. The molecule has 0 aliphatic heterocycles. The van der Waals surface area contributed by atoms with E-state index in [2.05, 4.69) is 44.8 Å². The van der Waals surface area contributed by atoms with Crippen molar-refractivity contribution in [1.29, 1.82) is 0 Å². The molecule has 2 N–H and O–H groups in total. The minimum atomic E-state index is 0.162. The van der Waals surface area contributed by atoms with Crippen LogP contribution in [0.3, 0.4) is 0 Å². The summed E-state index contributed by atoms with van der Waals surface area (Å²) in [6.45, 7) is 11.5. The Hall–Kier alpha value is -0.550. The Kier molecular flexibility index (Phi) is 5.66. The molecule has 18 heavy (non-hydrogen) atoms. The molecule has 5 heteroatoms. The normalized spacial score (nSPS) is 14.2. The van der Waals surface area contributed by atoms with Crippen molar-refractivity contribution >= 4 is 11.8 Å². The quantitative estimate of drug-likeness (QED) is 0.860. The summed E-state index contributed by atoms with van der Waals surface area (Å²) >= 11 is 1.81. The van der Waals surface area contributed by atoms with E-state index in [1.807, 2.05) is 11.8 Å². The molecule has 1 heterocycles. The van der Waals surface area contributed by atoms with Gasteiger partial charge < -0.3 is 10.3 Å². The molecule has 104 valence electrons. The van der Waals surface area contributed by atoms with Gasteiger partial charge in [-0.15, -0.1) is 0 Å². The summed E-state index contributed by atoms with van der Waals surface area (Å²) in [7, 11) is 0. The fraction of sp³-hybridized carbons (Fsp3) is 0.846. The fourth-order valence-electron chi connectivity index (χ4n) is 1.74. The largest absolute Gasteiger partial charge is 0.339 e. The topological polar surface area (TPSA) is 64.9 Å². The molecule has 0 aliphatic carbocycles. The van der Waals surface area contributed by atoms with Crippen molar-refractivity contribution in [3.05, 3.63) is 11.7 Å². The molecule has 1 aromatic heterocycles. The van der Waals surface area contributed by atoms with E-state index >= 15 is 0 Å². The average molecular weight is 271 g/mol. The number of hydrogen-bond donors (Lipinski definition) is 1. The third-order valence-electron chi connectivity index (χ3n) is 2.52. The van der Waals surface area contributed by atoms with Crippen LogP contribution in [0.2, 0.25) is 0 Å². The van der Waals surface area contributed by atoms with Crippen LogP contribution in [0.25, 0.3) is 0 Å². The van der Waals surface area contributed by atoms with Gasteiger partial charge in [-0.1, -0.05) is 39.8 Å². The second kappa shape index (κ2) is 6.57. The Morgan fingerprint density at radius 3 is 2.50 bits per heavy atom. The zero-order chi connectivity index (χ0) is 13.8. The van der Waals surface area contributed by atoms with Gasteiger partial charge in [-0.3, -0.25) is 0 Å². The van der Waals surface area contributed by atoms with Gasteiger partial charge in [0.2, 0.25) is 5.89 Å². The average Bonchev–Trinajstić information content (AvgIpc) is 2.70. The first-order chi connectivity index (χ1) is 8.31. The predicted molar refractivity (Wildman–Crippen MR) is 76.6 cm³/mol. The summed E-state index contributed by atoms with van der Waals surface area (Å²) in [6.07, 6.45) is 0.961. The van der Waals surface area contributed by atoms with E-state index in [-0.39, 0.29) is 11.3 Å². The van der Waals surface area contributed by atoms with E-state index in [1.54, 1.807) is 0 Å². The maximum absolute atomic E-state index is 5.81. The molecule has 1 atom stereocenters. The van der Waals surface area contributed by atoms with Gasteiger partial charge in [-0.2, -0.15) is 16.7 Å². The molecule has 0 radical (unpaired) electrons.